The second kappa shape index (κ2) is 8.02. The van der Waals surface area contributed by atoms with Crippen LogP contribution in [0.3, 0.4) is 0 Å². The summed E-state index contributed by atoms with van der Waals surface area (Å²) in [4.78, 5) is 9.71. The Hall–Kier alpha value is -4.00. The summed E-state index contributed by atoms with van der Waals surface area (Å²) in [5, 5.41) is 10.9. The summed E-state index contributed by atoms with van der Waals surface area (Å²) in [6.07, 6.45) is 0. The third-order valence-electron chi connectivity index (χ3n) is 5.17. The van der Waals surface area contributed by atoms with Gasteiger partial charge in [-0.05, 0) is 59.7 Å². The summed E-state index contributed by atoms with van der Waals surface area (Å²) >= 11 is 6.06. The molecule has 4 heteroatoms. The Kier molecular flexibility index (Phi) is 4.92. The number of halogens is 1. The Morgan fingerprint density at radius 3 is 2.16 bits per heavy atom. The molecule has 1 heterocycles. The number of hydrogen-bond donors (Lipinski definition) is 0. The van der Waals surface area contributed by atoms with Crippen molar-refractivity contribution in [1.82, 2.24) is 9.97 Å². The van der Waals surface area contributed by atoms with Gasteiger partial charge in [0.2, 0.25) is 0 Å². The fourth-order valence-corrected chi connectivity index (χ4v) is 3.77. The molecule has 0 saturated carbocycles. The topological polar surface area (TPSA) is 49.6 Å². The highest BCUT2D eigenvalue weighted by molar-refractivity contribution is 6.30. The van der Waals surface area contributed by atoms with Crippen LogP contribution in [-0.4, -0.2) is 9.97 Å². The lowest BCUT2D eigenvalue weighted by atomic mass is 9.98. The van der Waals surface area contributed by atoms with Crippen LogP contribution in [0.15, 0.2) is 97.1 Å². The van der Waals surface area contributed by atoms with Gasteiger partial charge < -0.3 is 0 Å². The minimum atomic E-state index is 0.639. The van der Waals surface area contributed by atoms with Crippen LogP contribution in [0.5, 0.6) is 0 Å². The first-order valence-corrected chi connectivity index (χ1v) is 10.2. The van der Waals surface area contributed by atoms with Crippen LogP contribution in [-0.2, 0) is 0 Å². The molecule has 0 aliphatic heterocycles. The Morgan fingerprint density at radius 2 is 1.35 bits per heavy atom. The van der Waals surface area contributed by atoms with Crippen molar-refractivity contribution in [1.29, 1.82) is 5.26 Å². The van der Waals surface area contributed by atoms with Gasteiger partial charge in [0.1, 0.15) is 0 Å². The first-order chi connectivity index (χ1) is 15.2. The van der Waals surface area contributed by atoms with Crippen molar-refractivity contribution in [2.75, 3.05) is 0 Å². The van der Waals surface area contributed by atoms with Gasteiger partial charge >= 0.3 is 0 Å². The monoisotopic (exact) mass is 417 g/mol. The molecule has 5 aromatic rings. The number of para-hydroxylation sites is 1. The summed E-state index contributed by atoms with van der Waals surface area (Å²) < 4.78 is 0. The van der Waals surface area contributed by atoms with Gasteiger partial charge in [0, 0.05) is 21.5 Å². The normalized spacial score (nSPS) is 10.7. The molecule has 0 fully saturated rings. The van der Waals surface area contributed by atoms with Gasteiger partial charge in [-0.15, -0.1) is 0 Å². The Bertz CT molecular complexity index is 1450. The van der Waals surface area contributed by atoms with Crippen molar-refractivity contribution < 1.29 is 0 Å². The lowest BCUT2D eigenvalue weighted by Gasteiger charge is -2.11. The van der Waals surface area contributed by atoms with E-state index in [0.29, 0.717) is 16.4 Å². The predicted molar refractivity (Wildman–Crippen MR) is 126 cm³/mol. The Morgan fingerprint density at radius 1 is 0.645 bits per heavy atom. The number of aromatic nitrogens is 2. The fraction of sp³-hybridized carbons (Fsp3) is 0. The molecule has 0 saturated heterocycles. The third kappa shape index (κ3) is 3.77. The fourth-order valence-electron chi connectivity index (χ4n) is 3.64. The molecule has 0 radical (unpaired) electrons. The van der Waals surface area contributed by atoms with Crippen LogP contribution in [0.25, 0.3) is 44.7 Å². The first kappa shape index (κ1) is 19.0. The zero-order valence-electron chi connectivity index (χ0n) is 16.5. The highest BCUT2D eigenvalue weighted by atomic mass is 35.5. The highest BCUT2D eigenvalue weighted by Crippen LogP contribution is 2.32. The molecule has 5 rings (SSSR count). The van der Waals surface area contributed by atoms with Crippen molar-refractivity contribution in [3.63, 3.8) is 0 Å². The largest absolute Gasteiger partial charge is 0.228 e. The zero-order chi connectivity index (χ0) is 21.2. The molecule has 0 amide bonds. The van der Waals surface area contributed by atoms with E-state index in [9.17, 15) is 5.26 Å². The number of benzene rings is 4. The third-order valence-corrected chi connectivity index (χ3v) is 5.42. The van der Waals surface area contributed by atoms with Gasteiger partial charge in [-0.1, -0.05) is 60.1 Å². The summed E-state index contributed by atoms with van der Waals surface area (Å²) in [5.74, 6) is 0.655. The molecule has 0 N–H and O–H groups in total. The van der Waals surface area contributed by atoms with Crippen molar-refractivity contribution in [2.45, 2.75) is 0 Å². The predicted octanol–water partition coefficient (Wildman–Crippen LogP) is 7.16. The summed E-state index contributed by atoms with van der Waals surface area (Å²) in [7, 11) is 0. The lowest BCUT2D eigenvalue weighted by molar-refractivity contribution is 1.23. The molecular formula is C27H16ClN3. The van der Waals surface area contributed by atoms with E-state index in [4.69, 9.17) is 21.6 Å². The Balaban J connectivity index is 1.69. The molecule has 4 aromatic carbocycles. The molecule has 0 aliphatic carbocycles. The van der Waals surface area contributed by atoms with Crippen LogP contribution < -0.4 is 0 Å². The molecule has 0 aliphatic rings. The molecule has 3 nitrogen and oxygen atoms in total. The maximum absolute atomic E-state index is 9.24. The zero-order valence-corrected chi connectivity index (χ0v) is 17.2. The number of nitrogens with zero attached hydrogens (tertiary/aromatic N) is 3. The second-order valence-corrected chi connectivity index (χ2v) is 7.63. The summed E-state index contributed by atoms with van der Waals surface area (Å²) in [6, 6.07) is 33.6. The molecule has 146 valence electrons. The minimum absolute atomic E-state index is 0.639. The maximum Gasteiger partial charge on any atom is 0.160 e. The molecule has 0 unspecified atom stereocenters. The molecule has 1 aromatic heterocycles. The van der Waals surface area contributed by atoms with Gasteiger partial charge in [0.05, 0.1) is 22.8 Å². The van der Waals surface area contributed by atoms with E-state index in [0.717, 1.165) is 38.9 Å². The molecule has 0 spiro atoms. The quantitative estimate of drug-likeness (QED) is 0.313. The maximum atomic E-state index is 9.24. The smallest absolute Gasteiger partial charge is 0.160 e. The van der Waals surface area contributed by atoms with Crippen LogP contribution in [0, 0.1) is 11.3 Å². The average Bonchev–Trinajstić information content (AvgIpc) is 2.84. The van der Waals surface area contributed by atoms with E-state index in [1.807, 2.05) is 84.9 Å². The van der Waals surface area contributed by atoms with Gasteiger partial charge in [-0.25, -0.2) is 9.97 Å². The SMILES string of the molecule is N#Cc1cccc(-c2cccc(-c3nc(-c4ccc(Cl)cc4)nc4ccccc34)c2)c1. The van der Waals surface area contributed by atoms with E-state index in [-0.39, 0.29) is 0 Å². The lowest BCUT2D eigenvalue weighted by Crippen LogP contribution is -1.95. The van der Waals surface area contributed by atoms with Crippen molar-refractivity contribution in [3.05, 3.63) is 108 Å². The molecular weight excluding hydrogens is 402 g/mol. The van der Waals surface area contributed by atoms with E-state index in [2.05, 4.69) is 18.2 Å². The van der Waals surface area contributed by atoms with Crippen LogP contribution in [0.1, 0.15) is 5.56 Å². The van der Waals surface area contributed by atoms with Crippen molar-refractivity contribution in [2.24, 2.45) is 0 Å². The van der Waals surface area contributed by atoms with Crippen LogP contribution in [0.4, 0.5) is 0 Å². The van der Waals surface area contributed by atoms with Crippen molar-refractivity contribution >= 4 is 22.5 Å². The number of fused-ring (bicyclic) bond motifs is 1. The highest BCUT2D eigenvalue weighted by Gasteiger charge is 2.12. The number of hydrogen-bond acceptors (Lipinski definition) is 3. The van der Waals surface area contributed by atoms with Crippen molar-refractivity contribution in [3.8, 4) is 39.8 Å². The standard InChI is InChI=1S/C27H16ClN3/c28-23-13-11-19(12-14-23)27-30-25-10-2-1-9-24(25)26(31-27)22-8-4-7-21(16-22)20-6-3-5-18(15-20)17-29/h1-16H. The molecule has 31 heavy (non-hydrogen) atoms. The minimum Gasteiger partial charge on any atom is -0.228 e. The van der Waals surface area contributed by atoms with E-state index in [1.54, 1.807) is 0 Å². The van der Waals surface area contributed by atoms with Gasteiger partial charge in [0.25, 0.3) is 0 Å². The van der Waals surface area contributed by atoms with E-state index < -0.39 is 0 Å². The average molecular weight is 418 g/mol. The van der Waals surface area contributed by atoms with Crippen LogP contribution in [0.2, 0.25) is 5.02 Å². The molecule has 0 atom stereocenters. The number of rotatable bonds is 3. The van der Waals surface area contributed by atoms with Gasteiger partial charge in [-0.2, -0.15) is 5.26 Å². The summed E-state index contributed by atoms with van der Waals surface area (Å²) in [5.41, 5.74) is 6.33. The van der Waals surface area contributed by atoms with Gasteiger partial charge in [-0.3, -0.25) is 0 Å². The first-order valence-electron chi connectivity index (χ1n) is 9.85. The van der Waals surface area contributed by atoms with E-state index >= 15 is 0 Å². The van der Waals surface area contributed by atoms with E-state index in [1.165, 1.54) is 0 Å². The van der Waals surface area contributed by atoms with Gasteiger partial charge in [0.15, 0.2) is 5.82 Å². The van der Waals surface area contributed by atoms with Crippen LogP contribution >= 0.6 is 11.6 Å². The Labute approximate surface area is 185 Å². The second-order valence-electron chi connectivity index (χ2n) is 7.19. The summed E-state index contributed by atoms with van der Waals surface area (Å²) in [6.45, 7) is 0. The number of nitriles is 1. The molecule has 0 bridgehead atoms.